The number of hydrogen-bond donors (Lipinski definition) is 1. The van der Waals surface area contributed by atoms with Crippen LogP contribution in [0.2, 0.25) is 0 Å². The Hall–Kier alpha value is 0.200. The van der Waals surface area contributed by atoms with Crippen molar-refractivity contribution in [3.8, 4) is 0 Å². The summed E-state index contributed by atoms with van der Waals surface area (Å²) in [6.07, 6.45) is -1.06. The number of rotatable bonds is 1. The molecule has 0 aliphatic carbocycles. The maximum absolute atomic E-state index is 13.1. The molecule has 0 amide bonds. The van der Waals surface area contributed by atoms with Crippen molar-refractivity contribution in [2.75, 3.05) is 34.7 Å². The van der Waals surface area contributed by atoms with Crippen LogP contribution in [0.5, 0.6) is 0 Å². The molecular weight excluding hydrogens is 180 g/mol. The van der Waals surface area contributed by atoms with Crippen molar-refractivity contribution in [3.05, 3.63) is 0 Å². The number of hydrogen-bond acceptors (Lipinski definition) is 4. The van der Waals surface area contributed by atoms with Gasteiger partial charge in [0.15, 0.2) is 14.2 Å². The van der Waals surface area contributed by atoms with Gasteiger partial charge in [0.1, 0.15) is 0 Å². The molecule has 0 aromatic rings. The molecule has 1 N–H and O–H groups in total. The zero-order chi connectivity index (χ0) is 9.52. The number of halogens is 1. The van der Waals surface area contributed by atoms with Gasteiger partial charge in [0.2, 0.25) is 0 Å². The fourth-order valence-electron chi connectivity index (χ4n) is 1.44. The summed E-state index contributed by atoms with van der Waals surface area (Å²) in [7, 11) is 4.37. The first-order valence-electron chi connectivity index (χ1n) is 3.79. The van der Waals surface area contributed by atoms with Crippen LogP contribution < -0.4 is 0 Å². The van der Waals surface area contributed by atoms with E-state index in [1.807, 2.05) is 0 Å². The van der Waals surface area contributed by atoms with Crippen molar-refractivity contribution in [2.24, 2.45) is 0 Å². The Labute approximate surface area is 73.1 Å². The topological polar surface area (TPSA) is 30.0 Å². The number of alkyl halides is 1. The maximum atomic E-state index is 13.1. The van der Waals surface area contributed by atoms with E-state index in [1.165, 1.54) is 4.67 Å². The number of likely N-dealkylation sites (N-methyl/N-ethyl adjacent to an activating group) is 2. The molecule has 1 aliphatic rings. The summed E-state index contributed by atoms with van der Waals surface area (Å²) in [5, 5.41) is 0. The van der Waals surface area contributed by atoms with Crippen molar-refractivity contribution < 1.29 is 9.28 Å². The lowest BCUT2D eigenvalue weighted by molar-refractivity contribution is 0.200. The van der Waals surface area contributed by atoms with Gasteiger partial charge in [-0.3, -0.25) is 0 Å². The molecule has 0 saturated carbocycles. The standard InChI is InChI=1S/C6H16FN3OP/c1-8(2)12(11)9(3)5-6(7)10(12)4/h6,11H,5H2,1-4H3. The second-order valence-electron chi connectivity index (χ2n) is 3.23. The van der Waals surface area contributed by atoms with Gasteiger partial charge >= 0.3 is 0 Å². The summed E-state index contributed by atoms with van der Waals surface area (Å²) in [4.78, 5) is 10.1. The van der Waals surface area contributed by atoms with Crippen LogP contribution in [0.1, 0.15) is 0 Å². The van der Waals surface area contributed by atoms with Gasteiger partial charge in [-0.15, -0.1) is 0 Å². The smallest absolute Gasteiger partial charge is 0.186 e. The second kappa shape index (κ2) is 3.16. The molecule has 73 valence electrons. The molecule has 12 heavy (non-hydrogen) atoms. The van der Waals surface area contributed by atoms with Crippen molar-refractivity contribution in [3.63, 3.8) is 0 Å². The zero-order valence-electron chi connectivity index (χ0n) is 7.90. The van der Waals surface area contributed by atoms with Crippen LogP contribution in [0.25, 0.3) is 0 Å². The minimum Gasteiger partial charge on any atom is -0.342 e. The normalized spacial score (nSPS) is 39.8. The molecule has 1 aliphatic heterocycles. The van der Waals surface area contributed by atoms with Gasteiger partial charge in [0.25, 0.3) is 0 Å². The molecule has 0 spiro atoms. The van der Waals surface area contributed by atoms with Gasteiger partial charge in [-0.25, -0.2) is 18.4 Å². The quantitative estimate of drug-likeness (QED) is 0.485. The Morgan fingerprint density at radius 3 is 2.17 bits per heavy atom. The molecule has 2 atom stereocenters. The van der Waals surface area contributed by atoms with Crippen LogP contribution in [0, 0.1) is 0 Å². The third kappa shape index (κ3) is 1.26. The van der Waals surface area contributed by atoms with Crippen LogP contribution in [-0.2, 0) is 0 Å². The van der Waals surface area contributed by atoms with Crippen molar-refractivity contribution in [1.82, 2.24) is 14.0 Å². The molecule has 2 unspecified atom stereocenters. The maximum Gasteiger partial charge on any atom is 0.186 e. The molecule has 1 rings (SSSR count). The second-order valence-corrected chi connectivity index (χ2v) is 6.42. The van der Waals surface area contributed by atoms with Gasteiger partial charge in [-0.2, -0.15) is 0 Å². The Bertz CT molecular complexity index is 182. The molecule has 1 saturated heterocycles. The Balaban J connectivity index is 2.88. The minimum atomic E-state index is -2.51. The highest BCUT2D eigenvalue weighted by Gasteiger charge is 2.48. The van der Waals surface area contributed by atoms with E-state index in [0.29, 0.717) is 0 Å². The summed E-state index contributed by atoms with van der Waals surface area (Å²) in [6.45, 7) is 0.277. The van der Waals surface area contributed by atoms with Gasteiger partial charge < -0.3 is 4.89 Å². The average molecular weight is 196 g/mol. The first kappa shape index (κ1) is 10.3. The summed E-state index contributed by atoms with van der Waals surface area (Å²) >= 11 is 0. The lowest BCUT2D eigenvalue weighted by Crippen LogP contribution is -2.31. The van der Waals surface area contributed by atoms with E-state index in [1.54, 1.807) is 37.5 Å². The molecule has 1 heterocycles. The monoisotopic (exact) mass is 196 g/mol. The molecule has 1 fully saturated rings. The van der Waals surface area contributed by atoms with Crippen LogP contribution >= 0.6 is 7.94 Å². The minimum absolute atomic E-state index is 0.277. The molecule has 1 radical (unpaired) electrons. The molecular formula is C6H16FN3OP. The largest absolute Gasteiger partial charge is 0.342 e. The van der Waals surface area contributed by atoms with E-state index < -0.39 is 14.2 Å². The van der Waals surface area contributed by atoms with Crippen molar-refractivity contribution in [1.29, 1.82) is 0 Å². The predicted molar refractivity (Wildman–Crippen MR) is 48.1 cm³/mol. The van der Waals surface area contributed by atoms with Crippen LogP contribution in [0.3, 0.4) is 0 Å². The van der Waals surface area contributed by atoms with Crippen LogP contribution in [-0.4, -0.2) is 59.9 Å². The van der Waals surface area contributed by atoms with E-state index in [-0.39, 0.29) is 6.54 Å². The molecule has 0 aromatic heterocycles. The fraction of sp³-hybridized carbons (Fsp3) is 1.00. The highest BCUT2D eigenvalue weighted by Crippen LogP contribution is 2.65. The van der Waals surface area contributed by atoms with E-state index >= 15 is 0 Å². The number of nitrogens with zero attached hydrogens (tertiary/aromatic N) is 3. The zero-order valence-corrected chi connectivity index (χ0v) is 8.79. The first-order valence-corrected chi connectivity index (χ1v) is 5.39. The predicted octanol–water partition coefficient (Wildman–Crippen LogP) is 0.391. The van der Waals surface area contributed by atoms with Gasteiger partial charge in [-0.1, -0.05) is 0 Å². The summed E-state index contributed by atoms with van der Waals surface area (Å²) in [5.74, 6) is 0. The lowest BCUT2D eigenvalue weighted by atomic mass is 10.6. The van der Waals surface area contributed by atoms with E-state index in [4.69, 9.17) is 0 Å². The van der Waals surface area contributed by atoms with Gasteiger partial charge in [0, 0.05) is 0 Å². The summed E-state index contributed by atoms with van der Waals surface area (Å²) in [5.41, 5.74) is 0. The highest BCUT2D eigenvalue weighted by atomic mass is 31.2. The van der Waals surface area contributed by atoms with Gasteiger partial charge in [0.05, 0.1) is 6.54 Å². The Kier molecular flexibility index (Phi) is 2.71. The molecule has 4 nitrogen and oxygen atoms in total. The summed E-state index contributed by atoms with van der Waals surface area (Å²) in [6, 6.07) is 0. The summed E-state index contributed by atoms with van der Waals surface area (Å²) < 4.78 is 17.9. The Morgan fingerprint density at radius 2 is 2.00 bits per heavy atom. The molecule has 6 heteroatoms. The average Bonchev–Trinajstić information content (AvgIpc) is 2.16. The van der Waals surface area contributed by atoms with E-state index in [2.05, 4.69) is 0 Å². The van der Waals surface area contributed by atoms with E-state index in [9.17, 15) is 9.28 Å². The lowest BCUT2D eigenvalue weighted by Gasteiger charge is -2.41. The van der Waals surface area contributed by atoms with Crippen molar-refractivity contribution in [2.45, 2.75) is 6.30 Å². The van der Waals surface area contributed by atoms with Crippen LogP contribution in [0.15, 0.2) is 0 Å². The van der Waals surface area contributed by atoms with Gasteiger partial charge in [-0.05, 0) is 28.2 Å². The molecule has 0 aromatic carbocycles. The third-order valence-corrected chi connectivity index (χ3v) is 5.49. The fourth-order valence-corrected chi connectivity index (χ4v) is 3.86. The first-order chi connectivity index (χ1) is 5.40. The SMILES string of the molecule is CN(C)[P]1(O)N(C)CC(F)N1C. The third-order valence-electron chi connectivity index (χ3n) is 2.24. The highest BCUT2D eigenvalue weighted by molar-refractivity contribution is 7.63. The van der Waals surface area contributed by atoms with E-state index in [0.717, 1.165) is 0 Å². The Morgan fingerprint density at radius 1 is 1.50 bits per heavy atom. The van der Waals surface area contributed by atoms with Crippen molar-refractivity contribution >= 4 is 7.94 Å². The molecule has 0 bridgehead atoms. The van der Waals surface area contributed by atoms with Crippen LogP contribution in [0.4, 0.5) is 4.39 Å².